The second-order valence-electron chi connectivity index (χ2n) is 5.54. The minimum absolute atomic E-state index is 0.512. The van der Waals surface area contributed by atoms with Gasteiger partial charge in [-0.1, -0.05) is 20.8 Å². The standard InChI is InChI=1S/C15H24N4/c1-4-7-16-14(10-12(2)3)11-13-6-9-19-15(18-13)5-8-17-19/h5-6,8-9,12,14,16H,4,7,10-11H2,1-3H3. The summed E-state index contributed by atoms with van der Waals surface area (Å²) >= 11 is 0. The number of aromatic nitrogens is 3. The van der Waals surface area contributed by atoms with E-state index in [4.69, 9.17) is 0 Å². The molecule has 0 radical (unpaired) electrons. The molecule has 4 heteroatoms. The van der Waals surface area contributed by atoms with E-state index < -0.39 is 0 Å². The number of hydrogen-bond donors (Lipinski definition) is 1. The molecule has 1 N–H and O–H groups in total. The highest BCUT2D eigenvalue weighted by Gasteiger charge is 2.12. The molecule has 0 aliphatic carbocycles. The van der Waals surface area contributed by atoms with Crippen LogP contribution >= 0.6 is 0 Å². The predicted molar refractivity (Wildman–Crippen MR) is 78.2 cm³/mol. The first-order valence-electron chi connectivity index (χ1n) is 7.21. The number of fused-ring (bicyclic) bond motifs is 1. The van der Waals surface area contributed by atoms with Crippen molar-refractivity contribution in [3.63, 3.8) is 0 Å². The molecule has 2 aromatic heterocycles. The van der Waals surface area contributed by atoms with Crippen molar-refractivity contribution in [1.82, 2.24) is 19.9 Å². The molecule has 0 spiro atoms. The van der Waals surface area contributed by atoms with E-state index in [1.165, 1.54) is 12.8 Å². The summed E-state index contributed by atoms with van der Waals surface area (Å²) in [5.74, 6) is 0.702. The number of nitrogens with one attached hydrogen (secondary N) is 1. The predicted octanol–water partition coefficient (Wildman–Crippen LogP) is 2.69. The van der Waals surface area contributed by atoms with Crippen molar-refractivity contribution in [1.29, 1.82) is 0 Å². The van der Waals surface area contributed by atoms with Gasteiger partial charge in [0.2, 0.25) is 0 Å². The van der Waals surface area contributed by atoms with Crippen molar-refractivity contribution in [3.05, 3.63) is 30.2 Å². The van der Waals surface area contributed by atoms with Crippen LogP contribution in [0.5, 0.6) is 0 Å². The Hall–Kier alpha value is -1.42. The van der Waals surface area contributed by atoms with Crippen molar-refractivity contribution in [2.24, 2.45) is 5.92 Å². The third-order valence-electron chi connectivity index (χ3n) is 3.21. The van der Waals surface area contributed by atoms with Crippen LogP contribution in [0.1, 0.15) is 39.3 Å². The van der Waals surface area contributed by atoms with Gasteiger partial charge in [-0.05, 0) is 31.4 Å². The fourth-order valence-electron chi connectivity index (χ4n) is 2.37. The van der Waals surface area contributed by atoms with Crippen LogP contribution in [-0.4, -0.2) is 27.2 Å². The normalized spacial score (nSPS) is 13.3. The number of nitrogens with zero attached hydrogens (tertiary/aromatic N) is 3. The van der Waals surface area contributed by atoms with Crippen LogP contribution in [0.15, 0.2) is 24.5 Å². The van der Waals surface area contributed by atoms with Gasteiger partial charge in [-0.3, -0.25) is 0 Å². The number of rotatable bonds is 7. The lowest BCUT2D eigenvalue weighted by Crippen LogP contribution is -2.33. The average molecular weight is 260 g/mol. The SMILES string of the molecule is CCCNC(Cc1ccn2nccc2n1)CC(C)C. The smallest absolute Gasteiger partial charge is 0.155 e. The zero-order chi connectivity index (χ0) is 13.7. The van der Waals surface area contributed by atoms with Crippen LogP contribution in [0.25, 0.3) is 5.65 Å². The van der Waals surface area contributed by atoms with Gasteiger partial charge in [0.1, 0.15) is 0 Å². The van der Waals surface area contributed by atoms with E-state index in [2.05, 4.69) is 42.2 Å². The molecule has 2 aromatic rings. The molecule has 2 rings (SSSR count). The fourth-order valence-corrected chi connectivity index (χ4v) is 2.37. The Morgan fingerprint density at radius 3 is 2.89 bits per heavy atom. The Bertz CT molecular complexity index is 504. The fraction of sp³-hybridized carbons (Fsp3) is 0.600. The first-order chi connectivity index (χ1) is 9.19. The summed E-state index contributed by atoms with van der Waals surface area (Å²) in [6, 6.07) is 4.53. The van der Waals surface area contributed by atoms with Gasteiger partial charge in [-0.15, -0.1) is 0 Å². The van der Waals surface area contributed by atoms with Gasteiger partial charge in [0.25, 0.3) is 0 Å². The maximum Gasteiger partial charge on any atom is 0.155 e. The summed E-state index contributed by atoms with van der Waals surface area (Å²) in [6.07, 6.45) is 7.12. The van der Waals surface area contributed by atoms with Crippen molar-refractivity contribution in [2.45, 2.75) is 46.1 Å². The van der Waals surface area contributed by atoms with Gasteiger partial charge in [-0.2, -0.15) is 5.10 Å². The monoisotopic (exact) mass is 260 g/mol. The van der Waals surface area contributed by atoms with Gasteiger partial charge in [-0.25, -0.2) is 9.50 Å². The zero-order valence-electron chi connectivity index (χ0n) is 12.1. The molecule has 0 saturated carbocycles. The lowest BCUT2D eigenvalue weighted by atomic mass is 9.99. The van der Waals surface area contributed by atoms with Crippen molar-refractivity contribution >= 4 is 5.65 Å². The first-order valence-corrected chi connectivity index (χ1v) is 7.21. The van der Waals surface area contributed by atoms with Gasteiger partial charge >= 0.3 is 0 Å². The van der Waals surface area contributed by atoms with E-state index in [-0.39, 0.29) is 0 Å². The minimum Gasteiger partial charge on any atom is -0.314 e. The second kappa shape index (κ2) is 6.66. The summed E-state index contributed by atoms with van der Waals surface area (Å²) in [7, 11) is 0. The lowest BCUT2D eigenvalue weighted by molar-refractivity contribution is 0.414. The van der Waals surface area contributed by atoms with Gasteiger partial charge in [0.05, 0.1) is 6.20 Å². The Labute approximate surface area is 115 Å². The summed E-state index contributed by atoms with van der Waals surface area (Å²) in [4.78, 5) is 4.65. The van der Waals surface area contributed by atoms with E-state index in [1.54, 1.807) is 10.7 Å². The van der Waals surface area contributed by atoms with E-state index in [9.17, 15) is 0 Å². The molecule has 1 unspecified atom stereocenters. The Morgan fingerprint density at radius 1 is 1.32 bits per heavy atom. The highest BCUT2D eigenvalue weighted by Crippen LogP contribution is 2.11. The highest BCUT2D eigenvalue weighted by atomic mass is 15.2. The molecule has 4 nitrogen and oxygen atoms in total. The minimum atomic E-state index is 0.512. The molecule has 104 valence electrons. The van der Waals surface area contributed by atoms with Gasteiger partial charge in [0, 0.05) is 30.4 Å². The van der Waals surface area contributed by atoms with Crippen molar-refractivity contribution in [2.75, 3.05) is 6.54 Å². The molecule has 0 saturated heterocycles. The molecule has 19 heavy (non-hydrogen) atoms. The summed E-state index contributed by atoms with van der Waals surface area (Å²) < 4.78 is 1.81. The summed E-state index contributed by atoms with van der Waals surface area (Å²) in [5.41, 5.74) is 2.07. The van der Waals surface area contributed by atoms with E-state index in [1.807, 2.05) is 12.3 Å². The number of hydrogen-bond acceptors (Lipinski definition) is 3. The molecule has 0 fully saturated rings. The third-order valence-corrected chi connectivity index (χ3v) is 3.21. The maximum absolute atomic E-state index is 4.65. The Morgan fingerprint density at radius 2 is 2.16 bits per heavy atom. The van der Waals surface area contributed by atoms with Crippen molar-refractivity contribution < 1.29 is 0 Å². The summed E-state index contributed by atoms with van der Waals surface area (Å²) in [6.45, 7) is 7.82. The second-order valence-corrected chi connectivity index (χ2v) is 5.54. The van der Waals surface area contributed by atoms with Crippen LogP contribution in [0.3, 0.4) is 0 Å². The maximum atomic E-state index is 4.65. The van der Waals surface area contributed by atoms with E-state index in [0.717, 1.165) is 24.3 Å². The summed E-state index contributed by atoms with van der Waals surface area (Å²) in [5, 5.41) is 7.80. The van der Waals surface area contributed by atoms with Gasteiger partial charge in [0.15, 0.2) is 5.65 Å². The first kappa shape index (κ1) is 14.0. The zero-order valence-corrected chi connectivity index (χ0v) is 12.1. The molecule has 0 aromatic carbocycles. The quantitative estimate of drug-likeness (QED) is 0.832. The molecular weight excluding hydrogens is 236 g/mol. The van der Waals surface area contributed by atoms with Gasteiger partial charge < -0.3 is 5.32 Å². The molecular formula is C15H24N4. The average Bonchev–Trinajstić information content (AvgIpc) is 2.82. The van der Waals surface area contributed by atoms with Crippen LogP contribution in [0.4, 0.5) is 0 Å². The third kappa shape index (κ3) is 4.03. The van der Waals surface area contributed by atoms with E-state index in [0.29, 0.717) is 12.0 Å². The van der Waals surface area contributed by atoms with Crippen LogP contribution < -0.4 is 5.32 Å². The largest absolute Gasteiger partial charge is 0.314 e. The Kier molecular flexibility index (Phi) is 4.91. The Balaban J connectivity index is 2.05. The lowest BCUT2D eigenvalue weighted by Gasteiger charge is -2.20. The molecule has 1 atom stereocenters. The molecule has 2 heterocycles. The molecule has 0 aliphatic heterocycles. The topological polar surface area (TPSA) is 42.2 Å². The van der Waals surface area contributed by atoms with Crippen LogP contribution in [0.2, 0.25) is 0 Å². The molecule has 0 bridgehead atoms. The van der Waals surface area contributed by atoms with Crippen LogP contribution in [0, 0.1) is 5.92 Å². The van der Waals surface area contributed by atoms with E-state index >= 15 is 0 Å². The molecule has 0 amide bonds. The highest BCUT2D eigenvalue weighted by molar-refractivity contribution is 5.36. The van der Waals surface area contributed by atoms with Crippen LogP contribution in [-0.2, 0) is 6.42 Å². The molecule has 0 aliphatic rings. The van der Waals surface area contributed by atoms with Crippen molar-refractivity contribution in [3.8, 4) is 0 Å².